The number of thioether (sulfide) groups is 1. The number of carboxylic acids is 1. The van der Waals surface area contributed by atoms with Crippen LogP contribution < -0.4 is 0 Å². The van der Waals surface area contributed by atoms with Crippen LogP contribution in [0.15, 0.2) is 5.16 Å². The molecule has 7 nitrogen and oxygen atoms in total. The molecule has 0 amide bonds. The van der Waals surface area contributed by atoms with Crippen LogP contribution in [0.4, 0.5) is 0 Å². The van der Waals surface area contributed by atoms with Gasteiger partial charge in [0.2, 0.25) is 0 Å². The van der Waals surface area contributed by atoms with Gasteiger partial charge in [0, 0.05) is 6.61 Å². The summed E-state index contributed by atoms with van der Waals surface area (Å²) in [7, 11) is 0. The summed E-state index contributed by atoms with van der Waals surface area (Å²) in [6, 6.07) is 0.0761. The zero-order chi connectivity index (χ0) is 13.0. The van der Waals surface area contributed by atoms with Gasteiger partial charge >= 0.3 is 5.97 Å². The van der Waals surface area contributed by atoms with E-state index >= 15 is 0 Å². The molecule has 0 spiro atoms. The lowest BCUT2D eigenvalue weighted by molar-refractivity contribution is -0.133. The Bertz CT molecular complexity index is 417. The van der Waals surface area contributed by atoms with Gasteiger partial charge in [-0.05, 0) is 12.8 Å². The minimum absolute atomic E-state index is 0.0723. The number of aromatic nitrogens is 3. The van der Waals surface area contributed by atoms with E-state index in [0.717, 1.165) is 31.2 Å². The highest BCUT2D eigenvalue weighted by molar-refractivity contribution is 7.99. The van der Waals surface area contributed by atoms with E-state index in [1.165, 1.54) is 0 Å². The van der Waals surface area contributed by atoms with Crippen LogP contribution >= 0.6 is 11.8 Å². The zero-order valence-corrected chi connectivity index (χ0v) is 10.6. The smallest absolute Gasteiger partial charge is 0.313 e. The van der Waals surface area contributed by atoms with Crippen molar-refractivity contribution in [1.82, 2.24) is 14.8 Å². The Morgan fingerprint density at radius 1 is 1.56 bits per heavy atom. The van der Waals surface area contributed by atoms with Crippen molar-refractivity contribution >= 4 is 17.7 Å². The number of hydrogen-bond donors (Lipinski definition) is 2. The van der Waals surface area contributed by atoms with Crippen molar-refractivity contribution < 1.29 is 19.7 Å². The zero-order valence-electron chi connectivity index (χ0n) is 9.78. The fourth-order valence-corrected chi connectivity index (χ4v) is 2.68. The maximum atomic E-state index is 10.6. The molecule has 2 heterocycles. The minimum Gasteiger partial charge on any atom is -0.481 e. The van der Waals surface area contributed by atoms with Crippen LogP contribution in [0.2, 0.25) is 0 Å². The highest BCUT2D eigenvalue weighted by Gasteiger charge is 2.23. The maximum absolute atomic E-state index is 10.6. The van der Waals surface area contributed by atoms with Gasteiger partial charge in [-0.15, -0.1) is 10.2 Å². The molecule has 0 aliphatic carbocycles. The maximum Gasteiger partial charge on any atom is 0.313 e. The van der Waals surface area contributed by atoms with Crippen LogP contribution in [0.1, 0.15) is 24.7 Å². The molecule has 1 aromatic rings. The third-order valence-electron chi connectivity index (χ3n) is 2.70. The molecule has 2 N–H and O–H groups in total. The largest absolute Gasteiger partial charge is 0.481 e. The van der Waals surface area contributed by atoms with Crippen LogP contribution in [0.25, 0.3) is 0 Å². The van der Waals surface area contributed by atoms with Crippen molar-refractivity contribution in [1.29, 1.82) is 0 Å². The predicted octanol–water partition coefficient (Wildman–Crippen LogP) is 0.299. The molecule has 1 aromatic heterocycles. The van der Waals surface area contributed by atoms with Crippen LogP contribution in [0.3, 0.4) is 0 Å². The number of aliphatic carboxylic acids is 1. The van der Waals surface area contributed by atoms with Gasteiger partial charge in [-0.2, -0.15) is 0 Å². The summed E-state index contributed by atoms with van der Waals surface area (Å²) in [4.78, 5) is 10.6. The van der Waals surface area contributed by atoms with Gasteiger partial charge in [0.25, 0.3) is 0 Å². The number of hydrogen-bond acceptors (Lipinski definition) is 6. The van der Waals surface area contributed by atoms with Gasteiger partial charge in [0.1, 0.15) is 6.61 Å². The highest BCUT2D eigenvalue weighted by Crippen LogP contribution is 2.27. The van der Waals surface area contributed by atoms with Crippen molar-refractivity contribution in [3.8, 4) is 0 Å². The Balaban J connectivity index is 2.18. The third kappa shape index (κ3) is 3.01. The molecule has 100 valence electrons. The van der Waals surface area contributed by atoms with Crippen molar-refractivity contribution in [3.05, 3.63) is 5.82 Å². The van der Waals surface area contributed by atoms with Gasteiger partial charge in [-0.3, -0.25) is 9.36 Å². The van der Waals surface area contributed by atoms with Crippen molar-refractivity contribution in [2.45, 2.75) is 30.6 Å². The van der Waals surface area contributed by atoms with Crippen LogP contribution in [0, 0.1) is 0 Å². The van der Waals surface area contributed by atoms with E-state index in [-0.39, 0.29) is 18.4 Å². The molecule has 1 unspecified atom stereocenters. The van der Waals surface area contributed by atoms with E-state index in [2.05, 4.69) is 10.2 Å². The average Bonchev–Trinajstić information content (AvgIpc) is 2.80. The lowest BCUT2D eigenvalue weighted by Gasteiger charge is -2.25. The Hall–Kier alpha value is -1.12. The number of nitrogens with zero attached hydrogens (tertiary/aromatic N) is 3. The molecule has 8 heteroatoms. The second kappa shape index (κ2) is 6.17. The van der Waals surface area contributed by atoms with Gasteiger partial charge < -0.3 is 14.9 Å². The number of carbonyl (C=O) groups is 1. The number of carboxylic acid groups (broad SMARTS) is 1. The fraction of sp³-hybridized carbons (Fsp3) is 0.700. The summed E-state index contributed by atoms with van der Waals surface area (Å²) in [6.07, 6.45) is 1.86. The Morgan fingerprint density at radius 2 is 2.39 bits per heavy atom. The average molecular weight is 273 g/mol. The molecule has 1 fully saturated rings. The van der Waals surface area contributed by atoms with Crippen LogP contribution in [0.5, 0.6) is 0 Å². The molecule has 1 saturated heterocycles. The lowest BCUT2D eigenvalue weighted by atomic mass is 10.1. The Labute approximate surface area is 108 Å². The summed E-state index contributed by atoms with van der Waals surface area (Å²) in [5, 5.41) is 26.3. The molecular formula is C10H15N3O4S. The number of rotatable bonds is 5. The Kier molecular flexibility index (Phi) is 4.56. The van der Waals surface area contributed by atoms with Gasteiger partial charge in [0.05, 0.1) is 18.4 Å². The summed E-state index contributed by atoms with van der Waals surface area (Å²) in [5.41, 5.74) is 0. The molecule has 18 heavy (non-hydrogen) atoms. The van der Waals surface area contributed by atoms with Gasteiger partial charge in [0.15, 0.2) is 11.0 Å². The first-order chi connectivity index (χ1) is 8.72. The lowest BCUT2D eigenvalue weighted by Crippen LogP contribution is -2.23. The Morgan fingerprint density at radius 3 is 3.00 bits per heavy atom. The van der Waals surface area contributed by atoms with Crippen LogP contribution in [-0.2, 0) is 16.1 Å². The second-order valence-electron chi connectivity index (χ2n) is 3.98. The van der Waals surface area contributed by atoms with Crippen molar-refractivity contribution in [2.75, 3.05) is 19.0 Å². The number of aliphatic hydroxyl groups excluding tert-OH is 1. The fourth-order valence-electron chi connectivity index (χ4n) is 1.93. The quantitative estimate of drug-likeness (QED) is 0.744. The molecular weight excluding hydrogens is 258 g/mol. The van der Waals surface area contributed by atoms with Crippen LogP contribution in [-0.4, -0.2) is 49.9 Å². The monoisotopic (exact) mass is 273 g/mol. The first-order valence-electron chi connectivity index (χ1n) is 5.69. The molecule has 0 aromatic carbocycles. The van der Waals surface area contributed by atoms with E-state index in [1.54, 1.807) is 4.57 Å². The molecule has 0 bridgehead atoms. The van der Waals surface area contributed by atoms with Crippen molar-refractivity contribution in [3.63, 3.8) is 0 Å². The molecule has 1 atom stereocenters. The molecule has 1 aliphatic rings. The standard InChI is InChI=1S/C10H15N3O4S/c14-4-8-11-12-10(18-6-9(15)16)13(8)7-2-1-3-17-5-7/h7,14H,1-6H2,(H,15,16). The number of ether oxygens (including phenoxy) is 1. The number of aliphatic hydroxyl groups is 1. The second-order valence-corrected chi connectivity index (χ2v) is 4.92. The van der Waals surface area contributed by atoms with E-state index < -0.39 is 5.97 Å². The SMILES string of the molecule is O=C(O)CSc1nnc(CO)n1C1CCCOC1. The normalized spacial score (nSPS) is 19.9. The highest BCUT2D eigenvalue weighted by atomic mass is 32.2. The molecule has 0 saturated carbocycles. The van der Waals surface area contributed by atoms with E-state index in [4.69, 9.17) is 9.84 Å². The molecule has 0 radical (unpaired) electrons. The predicted molar refractivity (Wildman–Crippen MR) is 63.4 cm³/mol. The van der Waals surface area contributed by atoms with Crippen molar-refractivity contribution in [2.24, 2.45) is 0 Å². The van der Waals surface area contributed by atoms with E-state index in [1.807, 2.05) is 0 Å². The third-order valence-corrected chi connectivity index (χ3v) is 3.63. The van der Waals surface area contributed by atoms with Gasteiger partial charge in [-0.25, -0.2) is 0 Å². The summed E-state index contributed by atoms with van der Waals surface area (Å²) in [6.45, 7) is 1.08. The van der Waals surface area contributed by atoms with Gasteiger partial charge in [-0.1, -0.05) is 11.8 Å². The summed E-state index contributed by atoms with van der Waals surface area (Å²) in [5.74, 6) is -0.518. The minimum atomic E-state index is -0.903. The summed E-state index contributed by atoms with van der Waals surface area (Å²) < 4.78 is 7.20. The summed E-state index contributed by atoms with van der Waals surface area (Å²) >= 11 is 1.11. The topological polar surface area (TPSA) is 97.5 Å². The first-order valence-corrected chi connectivity index (χ1v) is 6.68. The van der Waals surface area contributed by atoms with E-state index in [9.17, 15) is 9.90 Å². The first kappa shape index (κ1) is 13.3. The molecule has 1 aliphatic heterocycles. The van der Waals surface area contributed by atoms with E-state index in [0.29, 0.717) is 17.6 Å². The molecule has 2 rings (SSSR count).